The van der Waals surface area contributed by atoms with E-state index in [1.807, 2.05) is 0 Å². The van der Waals surface area contributed by atoms with E-state index in [9.17, 15) is 26.3 Å². The van der Waals surface area contributed by atoms with E-state index in [4.69, 9.17) is 5.11 Å². The quantitative estimate of drug-likeness (QED) is 0.477. The molecule has 0 aliphatic heterocycles. The molecular formula is C10H12F6O2. The van der Waals surface area contributed by atoms with Crippen molar-refractivity contribution in [1.82, 2.24) is 0 Å². The second-order valence-electron chi connectivity index (χ2n) is 4.42. The normalized spacial score (nSPS) is 26.4. The first-order valence-electron chi connectivity index (χ1n) is 5.09. The lowest BCUT2D eigenvalue weighted by Gasteiger charge is -2.34. The summed E-state index contributed by atoms with van der Waals surface area (Å²) in [5, 5.41) is 8.85. The largest absolute Gasteiger partial charge is 0.453 e. The highest BCUT2D eigenvalue weighted by molar-refractivity contribution is 5.12. The van der Waals surface area contributed by atoms with E-state index in [-0.39, 0.29) is 0 Å². The number of aliphatic hydroxyl groups is 1. The van der Waals surface area contributed by atoms with Gasteiger partial charge in [-0.1, -0.05) is 18.6 Å². The molecule has 2 atom stereocenters. The van der Waals surface area contributed by atoms with Gasteiger partial charge < -0.3 is 9.84 Å². The Morgan fingerprint density at radius 3 is 1.89 bits per heavy atom. The summed E-state index contributed by atoms with van der Waals surface area (Å²) >= 11 is 0. The number of allylic oxidation sites excluding steroid dienone is 1. The van der Waals surface area contributed by atoms with Crippen LogP contribution in [0, 0.1) is 5.92 Å². The van der Waals surface area contributed by atoms with E-state index in [0.717, 1.165) is 6.08 Å². The Kier molecular flexibility index (Phi) is 3.75. The van der Waals surface area contributed by atoms with E-state index in [2.05, 4.69) is 4.74 Å². The Morgan fingerprint density at radius 1 is 1.17 bits per heavy atom. The molecule has 0 saturated heterocycles. The molecule has 0 spiro atoms. The molecule has 106 valence electrons. The van der Waals surface area contributed by atoms with Gasteiger partial charge in [-0.25, -0.2) is 0 Å². The zero-order valence-electron chi connectivity index (χ0n) is 9.56. The lowest BCUT2D eigenvalue weighted by atomic mass is 10.1. The SMILES string of the molecule is CC1=CC(OC(O)(C(F)(F)F)C(F)(F)F)C(C)C1. The summed E-state index contributed by atoms with van der Waals surface area (Å²) in [6.07, 6.45) is -11.8. The highest BCUT2D eigenvalue weighted by Crippen LogP contribution is 2.46. The lowest BCUT2D eigenvalue weighted by Crippen LogP contribution is -2.60. The molecule has 0 amide bonds. The van der Waals surface area contributed by atoms with Gasteiger partial charge in [0.15, 0.2) is 0 Å². The molecule has 1 aliphatic rings. The predicted molar refractivity (Wildman–Crippen MR) is 49.5 cm³/mol. The number of halogens is 6. The minimum absolute atomic E-state index is 0.330. The fourth-order valence-electron chi connectivity index (χ4n) is 1.78. The van der Waals surface area contributed by atoms with Crippen LogP contribution >= 0.6 is 0 Å². The first-order valence-corrected chi connectivity index (χ1v) is 5.09. The first kappa shape index (κ1) is 15.3. The minimum Gasteiger partial charge on any atom is -0.351 e. The molecule has 1 rings (SSSR count). The lowest BCUT2D eigenvalue weighted by molar-refractivity contribution is -0.464. The fourth-order valence-corrected chi connectivity index (χ4v) is 1.78. The molecule has 0 aromatic carbocycles. The van der Waals surface area contributed by atoms with Gasteiger partial charge in [0, 0.05) is 0 Å². The van der Waals surface area contributed by atoms with E-state index >= 15 is 0 Å². The highest BCUT2D eigenvalue weighted by atomic mass is 19.4. The standard InChI is InChI=1S/C10H12F6O2/c1-5-3-6(2)7(4-5)18-8(17,9(11,12)13)10(14,15)16/h4,6-7,17H,3H2,1-2H3. The van der Waals surface area contributed by atoms with Gasteiger partial charge in [0.05, 0.1) is 6.10 Å². The maximum Gasteiger partial charge on any atom is 0.453 e. The summed E-state index contributed by atoms with van der Waals surface area (Å²) in [6, 6.07) is 0. The summed E-state index contributed by atoms with van der Waals surface area (Å²) in [5.74, 6) is -5.69. The van der Waals surface area contributed by atoms with E-state index in [1.165, 1.54) is 6.92 Å². The Bertz CT molecular complexity index is 329. The summed E-state index contributed by atoms with van der Waals surface area (Å²) in [6.45, 7) is 3.02. The molecule has 1 aliphatic carbocycles. The average Bonchev–Trinajstić information content (AvgIpc) is 2.41. The zero-order valence-corrected chi connectivity index (χ0v) is 9.56. The molecule has 18 heavy (non-hydrogen) atoms. The van der Waals surface area contributed by atoms with Crippen LogP contribution in [0.5, 0.6) is 0 Å². The maximum atomic E-state index is 12.4. The van der Waals surface area contributed by atoms with E-state index in [1.54, 1.807) is 6.92 Å². The van der Waals surface area contributed by atoms with Gasteiger partial charge in [0.1, 0.15) is 0 Å². The molecule has 0 saturated carbocycles. The molecule has 0 aromatic rings. The molecule has 0 radical (unpaired) electrons. The number of rotatable bonds is 2. The Hall–Kier alpha value is -0.760. The first-order chi connectivity index (χ1) is 7.88. The van der Waals surface area contributed by atoms with Crippen LogP contribution in [0.1, 0.15) is 20.3 Å². The smallest absolute Gasteiger partial charge is 0.351 e. The topological polar surface area (TPSA) is 29.5 Å². The number of hydrogen-bond acceptors (Lipinski definition) is 2. The maximum absolute atomic E-state index is 12.4. The van der Waals surface area contributed by atoms with Crippen LogP contribution < -0.4 is 0 Å². The fraction of sp³-hybridized carbons (Fsp3) is 0.800. The third kappa shape index (κ3) is 2.64. The van der Waals surface area contributed by atoms with Crippen molar-refractivity contribution in [3.8, 4) is 0 Å². The van der Waals surface area contributed by atoms with E-state index in [0.29, 0.717) is 12.0 Å². The molecule has 1 N–H and O–H groups in total. The average molecular weight is 278 g/mol. The van der Waals surface area contributed by atoms with Gasteiger partial charge >= 0.3 is 18.1 Å². The third-order valence-corrected chi connectivity index (χ3v) is 2.73. The molecule has 2 nitrogen and oxygen atoms in total. The summed E-state index contributed by atoms with van der Waals surface area (Å²) in [7, 11) is 0. The van der Waals surface area contributed by atoms with Crippen LogP contribution in [0.2, 0.25) is 0 Å². The molecule has 2 unspecified atom stereocenters. The van der Waals surface area contributed by atoms with Crippen molar-refractivity contribution in [3.05, 3.63) is 11.6 Å². The van der Waals surface area contributed by atoms with Gasteiger partial charge in [-0.2, -0.15) is 26.3 Å². The summed E-state index contributed by atoms with van der Waals surface area (Å²) in [4.78, 5) is 0. The molecular weight excluding hydrogens is 266 g/mol. The van der Waals surface area contributed by atoms with Gasteiger partial charge in [-0.3, -0.25) is 0 Å². The zero-order chi connectivity index (χ0) is 14.4. The Morgan fingerprint density at radius 2 is 1.61 bits per heavy atom. The molecule has 0 fully saturated rings. The predicted octanol–water partition coefficient (Wildman–Crippen LogP) is 3.17. The van der Waals surface area contributed by atoms with Crippen molar-refractivity contribution in [3.63, 3.8) is 0 Å². The monoisotopic (exact) mass is 278 g/mol. The number of alkyl halides is 6. The van der Waals surface area contributed by atoms with Gasteiger partial charge in [-0.15, -0.1) is 0 Å². The number of hydrogen-bond donors (Lipinski definition) is 1. The van der Waals surface area contributed by atoms with Crippen molar-refractivity contribution in [2.45, 2.75) is 44.5 Å². The molecule has 8 heteroatoms. The molecule has 0 bridgehead atoms. The van der Waals surface area contributed by atoms with Crippen molar-refractivity contribution < 1.29 is 36.2 Å². The number of ether oxygens (including phenoxy) is 1. The van der Waals surface area contributed by atoms with Crippen molar-refractivity contribution >= 4 is 0 Å². The minimum atomic E-state index is -5.95. The van der Waals surface area contributed by atoms with Crippen LogP contribution in [0.25, 0.3) is 0 Å². The van der Waals surface area contributed by atoms with Crippen LogP contribution in [0.15, 0.2) is 11.6 Å². The Balaban J connectivity index is 3.02. The van der Waals surface area contributed by atoms with Crippen LogP contribution in [-0.2, 0) is 4.74 Å². The van der Waals surface area contributed by atoms with E-state index < -0.39 is 30.2 Å². The van der Waals surface area contributed by atoms with Gasteiger partial charge in [0.2, 0.25) is 0 Å². The van der Waals surface area contributed by atoms with Crippen molar-refractivity contribution in [2.24, 2.45) is 5.92 Å². The molecule has 0 heterocycles. The highest BCUT2D eigenvalue weighted by Gasteiger charge is 2.73. The van der Waals surface area contributed by atoms with Crippen molar-refractivity contribution in [2.75, 3.05) is 0 Å². The van der Waals surface area contributed by atoms with Gasteiger partial charge in [-0.05, 0) is 19.3 Å². The summed E-state index contributed by atoms with van der Waals surface area (Å²) < 4.78 is 78.1. The second kappa shape index (κ2) is 4.41. The van der Waals surface area contributed by atoms with Crippen LogP contribution in [-0.4, -0.2) is 29.4 Å². The van der Waals surface area contributed by atoms with Crippen LogP contribution in [0.3, 0.4) is 0 Å². The third-order valence-electron chi connectivity index (χ3n) is 2.73. The Labute approximate surface area is 99.2 Å². The molecule has 0 aromatic heterocycles. The van der Waals surface area contributed by atoms with Gasteiger partial charge in [0.25, 0.3) is 0 Å². The van der Waals surface area contributed by atoms with Crippen molar-refractivity contribution in [1.29, 1.82) is 0 Å². The summed E-state index contributed by atoms with van der Waals surface area (Å²) in [5.41, 5.74) is 0.624. The second-order valence-corrected chi connectivity index (χ2v) is 4.42. The van der Waals surface area contributed by atoms with Crippen LogP contribution in [0.4, 0.5) is 26.3 Å².